The number of benzene rings is 6. The second-order valence-electron chi connectivity index (χ2n) is 32.1. The number of methoxy groups -OCH3 is 2. The summed E-state index contributed by atoms with van der Waals surface area (Å²) in [6.45, 7) is 28.9. The predicted molar refractivity (Wildman–Crippen MR) is 428 cm³/mol. The van der Waals surface area contributed by atoms with Gasteiger partial charge in [-0.25, -0.2) is 32.5 Å². The number of phenolic OH excluding ortho intramolecular Hbond substituents is 1. The summed E-state index contributed by atoms with van der Waals surface area (Å²) in [6, 6.07) is 41.5. The summed E-state index contributed by atoms with van der Waals surface area (Å²) in [6.07, 6.45) is 9.63. The fourth-order valence-electron chi connectivity index (χ4n) is 16.8. The molecule has 12 rings (SSSR count). The maximum absolute atomic E-state index is 13.3. The Morgan fingerprint density at radius 1 is 0.568 bits per heavy atom. The van der Waals surface area contributed by atoms with Gasteiger partial charge in [-0.05, 0) is 246 Å². The van der Waals surface area contributed by atoms with Crippen molar-refractivity contribution in [2.75, 3.05) is 108 Å². The molecule has 0 spiro atoms. The Kier molecular flexibility index (Phi) is 36.0. The molecular weight excluding hydrogens is 1440 g/mol. The molecule has 3 saturated heterocycles. The van der Waals surface area contributed by atoms with Crippen LogP contribution < -0.4 is 44.3 Å². The zero-order valence-corrected chi connectivity index (χ0v) is 71.7. The van der Waals surface area contributed by atoms with E-state index in [0.29, 0.717) is 49.0 Å². The number of piperidine rings is 3. The van der Waals surface area contributed by atoms with Crippen molar-refractivity contribution < 1.29 is 106 Å². The Balaban J connectivity index is 0.000000225. The van der Waals surface area contributed by atoms with E-state index in [1.807, 2.05) is 42.5 Å². The largest absolute Gasteiger partial charge is 1.00 e. The first kappa shape index (κ1) is 93.4. The molecule has 3 radical (unpaired) electrons. The predicted octanol–water partition coefficient (Wildman–Crippen LogP) is 8.64. The summed E-state index contributed by atoms with van der Waals surface area (Å²) >= 11 is 0. The smallest absolute Gasteiger partial charge is 0.793 e. The van der Waals surface area contributed by atoms with Crippen molar-refractivity contribution in [3.05, 3.63) is 195 Å². The van der Waals surface area contributed by atoms with E-state index in [0.717, 1.165) is 140 Å². The first-order chi connectivity index (χ1) is 52.1. The number of nitrogens with one attached hydrogen (secondary N) is 1. The van der Waals surface area contributed by atoms with Gasteiger partial charge >= 0.3 is 41.5 Å². The number of hydrogen-bond acceptors (Lipinski definition) is 19. The molecule has 0 saturated carbocycles. The second kappa shape index (κ2) is 42.8. The third-order valence-electron chi connectivity index (χ3n) is 23.8. The van der Waals surface area contributed by atoms with Gasteiger partial charge < -0.3 is 66.7 Å². The Morgan fingerprint density at radius 2 is 0.928 bits per heavy atom. The molecule has 9 atom stereocenters. The van der Waals surface area contributed by atoms with Gasteiger partial charge in [0.1, 0.15) is 41.0 Å². The second-order valence-corrected chi connectivity index (χ2v) is 36.9. The van der Waals surface area contributed by atoms with Gasteiger partial charge in [-0.1, -0.05) is 96.1 Å². The summed E-state index contributed by atoms with van der Waals surface area (Å²) in [5.74, 6) is -0.163. The van der Waals surface area contributed by atoms with Crippen molar-refractivity contribution >= 4 is 40.6 Å². The average Bonchev–Trinajstić information content (AvgIpc) is 0.735. The number of phenols is 1. The zero-order valence-electron chi connectivity index (χ0n) is 68.7. The molecule has 3 aliphatic heterocycles. The van der Waals surface area contributed by atoms with Gasteiger partial charge in [0, 0.05) is 99.4 Å². The number of likely N-dealkylation sites (tertiary alicyclic amines) is 3. The maximum atomic E-state index is 13.3. The average molecular weight is 1560 g/mol. The number of aliphatic hydroxyl groups excluding tert-OH is 2. The molecule has 25 heteroatoms. The van der Waals surface area contributed by atoms with Crippen LogP contribution in [0.1, 0.15) is 132 Å². The molecular formula is C86H120BF3N6NaO13Si. The van der Waals surface area contributed by atoms with E-state index in [1.165, 1.54) is 70.1 Å². The number of hydrogen-bond donors (Lipinski definition) is 4. The summed E-state index contributed by atoms with van der Waals surface area (Å²) in [7, 11) is 12.8. The molecule has 3 fully saturated rings. The van der Waals surface area contributed by atoms with E-state index in [-0.39, 0.29) is 94.2 Å². The van der Waals surface area contributed by atoms with Crippen molar-refractivity contribution in [1.29, 1.82) is 0 Å². The SMILES string of the molecule is CC(=O)OOC(C)=O.CC(C)(C)[Si](C)(C)OCC=O.CN1CC[C@]2(C)c3cc(O)ccc3C[C@@H]1[C@H]2N(CCO)CCc1ccc(F)cc1.COc1ccc2c(c1)[C@@]1(C)CCN(C)[C@H](C2)[C@H]1N(CCO)CCc1ccc(F)cc1.COc1ccc2c(c1)[C@@]1(C)CCN(C)[C@H](C2)[C@H]1NCCc1ccc(F)cc1.[B-]OC(C)=O.[Na+]. The van der Waals surface area contributed by atoms with Crippen LogP contribution in [0.2, 0.25) is 18.1 Å². The number of carbonyl (C=O) groups is 4. The summed E-state index contributed by atoms with van der Waals surface area (Å²) < 4.78 is 59.8. The molecule has 19 nitrogen and oxygen atoms in total. The number of aromatic hydroxyl groups is 1. The van der Waals surface area contributed by atoms with E-state index in [4.69, 9.17) is 13.9 Å². The molecule has 3 heterocycles. The molecule has 6 aromatic rings. The fourth-order valence-corrected chi connectivity index (χ4v) is 17.7. The molecule has 3 aliphatic carbocycles. The summed E-state index contributed by atoms with van der Waals surface area (Å²) in [4.78, 5) is 59.2. The van der Waals surface area contributed by atoms with Crippen molar-refractivity contribution in [2.45, 2.75) is 191 Å². The van der Waals surface area contributed by atoms with Gasteiger partial charge in [-0.3, -0.25) is 14.6 Å². The normalized spacial score (nSPS) is 22.7. The molecule has 6 bridgehead atoms. The van der Waals surface area contributed by atoms with E-state index in [9.17, 15) is 47.7 Å². The van der Waals surface area contributed by atoms with Crippen molar-refractivity contribution in [1.82, 2.24) is 29.8 Å². The molecule has 0 aromatic heterocycles. The molecule has 6 aromatic carbocycles. The van der Waals surface area contributed by atoms with Crippen molar-refractivity contribution in [2.24, 2.45) is 0 Å². The van der Waals surface area contributed by atoms with Crippen LogP contribution in [0.25, 0.3) is 0 Å². The van der Waals surface area contributed by atoms with Crippen LogP contribution in [0.15, 0.2) is 127 Å². The number of aliphatic hydroxyl groups is 2. The van der Waals surface area contributed by atoms with E-state index in [2.05, 4.69) is 171 Å². The van der Waals surface area contributed by atoms with Gasteiger partial charge in [0.25, 0.3) is 0 Å². The number of rotatable bonds is 21. The van der Waals surface area contributed by atoms with E-state index in [1.54, 1.807) is 32.4 Å². The minimum absolute atomic E-state index is 0. The van der Waals surface area contributed by atoms with Crippen LogP contribution in [0.3, 0.4) is 0 Å². The summed E-state index contributed by atoms with van der Waals surface area (Å²) in [5, 5.41) is 33.9. The van der Waals surface area contributed by atoms with Crippen LogP contribution in [0.5, 0.6) is 17.2 Å². The first-order valence-corrected chi connectivity index (χ1v) is 41.3. The molecule has 4 N–H and O–H groups in total. The van der Waals surface area contributed by atoms with Gasteiger partial charge in [-0.2, -0.15) is 0 Å². The Hall–Kier alpha value is -6.49. The van der Waals surface area contributed by atoms with Gasteiger partial charge in [-0.15, -0.1) is 0 Å². The first-order valence-electron chi connectivity index (χ1n) is 38.4. The minimum Gasteiger partial charge on any atom is -0.793 e. The number of fused-ring (bicyclic) bond motifs is 12. The number of ether oxygens (including phenoxy) is 2. The molecule has 6 aliphatic rings. The molecule has 0 unspecified atom stereocenters. The number of nitrogens with zero attached hydrogens (tertiary/aromatic N) is 5. The Morgan fingerprint density at radius 3 is 1.30 bits per heavy atom. The van der Waals surface area contributed by atoms with E-state index >= 15 is 0 Å². The quantitative estimate of drug-likeness (QED) is 0.0230. The third-order valence-corrected chi connectivity index (χ3v) is 28.3. The number of likely N-dealkylation sites (N-methyl/N-ethyl adjacent to an activating group) is 3. The summed E-state index contributed by atoms with van der Waals surface area (Å²) in [5.41, 5.74) is 11.7. The van der Waals surface area contributed by atoms with Crippen LogP contribution in [0, 0.1) is 17.5 Å². The van der Waals surface area contributed by atoms with Crippen LogP contribution >= 0.6 is 0 Å². The fraction of sp³-hybridized carbons (Fsp3) is 0.535. The zero-order chi connectivity index (χ0) is 80.9. The minimum atomic E-state index is -1.66. The Bertz CT molecular complexity index is 3930. The van der Waals surface area contributed by atoms with Crippen LogP contribution in [-0.4, -0.2) is 224 Å². The molecule has 111 heavy (non-hydrogen) atoms. The third kappa shape index (κ3) is 24.8. The number of halogens is 3. The van der Waals surface area contributed by atoms with E-state index < -0.39 is 26.2 Å². The standard InChI is InChI=1S/C25H33FN2O2.C24H31FN2O2.C23H29FN2O.C8H18O2Si.C4H6O4.C2H3BO2.Na/c1-25-11-13-27(2)23(16-19-6-9-21(30-3)17-22(19)25)24(25)28(14-15-29)12-10-18-4-7-20(26)8-5-18;1-24-10-12-26(2)22(15-18-5-8-20(29)16-21(18)24)23(24)27(13-14-28)11-9-17-3-6-19(25)7-4-17;1-23-11-13-26(2)21(14-17-6-9-19(27-3)15-20(17)23)22(23)25-12-10-16-4-7-18(24)8-5-16;1-8(2,3)11(4,5)10-7-6-9;1-3(5)7-8-4(2)6;1-2(4)5-3;/h4-9,17,23-24,29H,10-16H2,1-3H3;3-8,16,22-23,28-29H,9-15H2,1-2H3;4-9,15,21-22,25H,10-14H2,1-3H3;6H,7H2,1-5H3;1-2H3;1H3;/q;;;;;-1;+1/t23-,24-,25-;22-,23-,24-;21-,22-,23-;;;;/m111..../s1. The van der Waals surface area contributed by atoms with Crippen LogP contribution in [0.4, 0.5) is 13.2 Å². The Labute approximate surface area is 682 Å². The topological polar surface area (TPSA) is 213 Å². The molecule has 601 valence electrons. The monoisotopic (exact) mass is 1560 g/mol. The molecule has 0 amide bonds. The van der Waals surface area contributed by atoms with Gasteiger partial charge in [0.2, 0.25) is 5.97 Å². The van der Waals surface area contributed by atoms with Gasteiger partial charge in [0.15, 0.2) is 8.32 Å². The maximum Gasteiger partial charge on any atom is 1.00 e. The number of carbonyl (C=O) groups excluding carboxylic acids is 4. The van der Waals surface area contributed by atoms with Crippen molar-refractivity contribution in [3.8, 4) is 17.2 Å². The van der Waals surface area contributed by atoms with Crippen LogP contribution in [-0.2, 0) is 92.8 Å². The van der Waals surface area contributed by atoms with Gasteiger partial charge in [0.05, 0.1) is 34.0 Å². The van der Waals surface area contributed by atoms with Crippen molar-refractivity contribution in [3.63, 3.8) is 0 Å². The number of aldehydes is 1.